The van der Waals surface area contributed by atoms with E-state index < -0.39 is 0 Å². The molecule has 100 valence electrons. The zero-order chi connectivity index (χ0) is 13.8. The van der Waals surface area contributed by atoms with Crippen molar-refractivity contribution in [1.29, 1.82) is 0 Å². The van der Waals surface area contributed by atoms with Gasteiger partial charge >= 0.3 is 0 Å². The van der Waals surface area contributed by atoms with Crippen LogP contribution in [0.25, 0.3) is 11.0 Å². The standard InChI is InChI=1S/C16H16N4/c1-17-15(9-12-5-4-8-18-10-12)16-11-19-13-6-2-3-7-14(13)20-16/h2-8,10-11,15,17H,9H2,1H3. The molecule has 3 aromatic rings. The summed E-state index contributed by atoms with van der Waals surface area (Å²) in [5.74, 6) is 0. The predicted octanol–water partition coefficient (Wildman–Crippen LogP) is 2.53. The van der Waals surface area contributed by atoms with E-state index in [1.807, 2.05) is 49.8 Å². The summed E-state index contributed by atoms with van der Waals surface area (Å²) in [4.78, 5) is 13.3. The minimum Gasteiger partial charge on any atom is -0.311 e. The molecule has 0 saturated heterocycles. The summed E-state index contributed by atoms with van der Waals surface area (Å²) in [7, 11) is 1.94. The van der Waals surface area contributed by atoms with Crippen molar-refractivity contribution in [2.45, 2.75) is 12.5 Å². The lowest BCUT2D eigenvalue weighted by Crippen LogP contribution is -2.20. The van der Waals surface area contributed by atoms with Crippen LogP contribution in [-0.2, 0) is 6.42 Å². The molecule has 2 aromatic heterocycles. The topological polar surface area (TPSA) is 50.7 Å². The molecule has 4 nitrogen and oxygen atoms in total. The Labute approximate surface area is 117 Å². The summed E-state index contributed by atoms with van der Waals surface area (Å²) in [5, 5.41) is 3.30. The molecule has 4 heteroatoms. The van der Waals surface area contributed by atoms with Crippen LogP contribution in [0.15, 0.2) is 55.0 Å². The van der Waals surface area contributed by atoms with Gasteiger partial charge in [-0.05, 0) is 37.2 Å². The molecule has 0 spiro atoms. The molecule has 1 N–H and O–H groups in total. The Morgan fingerprint density at radius 2 is 1.90 bits per heavy atom. The predicted molar refractivity (Wildman–Crippen MR) is 79.3 cm³/mol. The number of hydrogen-bond acceptors (Lipinski definition) is 4. The number of hydrogen-bond donors (Lipinski definition) is 1. The van der Waals surface area contributed by atoms with Gasteiger partial charge in [0.15, 0.2) is 0 Å². The molecule has 0 fully saturated rings. The molecule has 0 aliphatic rings. The molecule has 0 amide bonds. The van der Waals surface area contributed by atoms with E-state index in [2.05, 4.69) is 21.4 Å². The van der Waals surface area contributed by atoms with Gasteiger partial charge in [0.2, 0.25) is 0 Å². The Morgan fingerprint density at radius 1 is 1.05 bits per heavy atom. The van der Waals surface area contributed by atoms with Gasteiger partial charge in [0, 0.05) is 12.4 Å². The van der Waals surface area contributed by atoms with Crippen LogP contribution in [0.2, 0.25) is 0 Å². The molecular weight excluding hydrogens is 248 g/mol. The second-order valence-corrected chi connectivity index (χ2v) is 4.69. The molecule has 0 saturated carbocycles. The van der Waals surface area contributed by atoms with Crippen LogP contribution in [-0.4, -0.2) is 22.0 Å². The summed E-state index contributed by atoms with van der Waals surface area (Å²) < 4.78 is 0. The fourth-order valence-corrected chi connectivity index (χ4v) is 2.25. The maximum atomic E-state index is 4.70. The van der Waals surface area contributed by atoms with Crippen molar-refractivity contribution in [1.82, 2.24) is 20.3 Å². The van der Waals surface area contributed by atoms with Gasteiger partial charge in [-0.2, -0.15) is 0 Å². The maximum Gasteiger partial charge on any atom is 0.0890 e. The number of para-hydroxylation sites is 2. The lowest BCUT2D eigenvalue weighted by molar-refractivity contribution is 0.575. The first-order valence-corrected chi connectivity index (χ1v) is 6.64. The van der Waals surface area contributed by atoms with Crippen molar-refractivity contribution in [2.24, 2.45) is 0 Å². The van der Waals surface area contributed by atoms with Gasteiger partial charge in [-0.25, -0.2) is 4.98 Å². The monoisotopic (exact) mass is 264 g/mol. The first-order chi connectivity index (χ1) is 9.86. The van der Waals surface area contributed by atoms with Gasteiger partial charge in [0.1, 0.15) is 0 Å². The zero-order valence-electron chi connectivity index (χ0n) is 11.3. The van der Waals surface area contributed by atoms with Gasteiger partial charge in [0.25, 0.3) is 0 Å². The third-order valence-electron chi connectivity index (χ3n) is 3.34. The van der Waals surface area contributed by atoms with Crippen molar-refractivity contribution in [3.05, 3.63) is 66.2 Å². The van der Waals surface area contributed by atoms with Gasteiger partial charge in [-0.3, -0.25) is 9.97 Å². The van der Waals surface area contributed by atoms with Crippen molar-refractivity contribution in [3.8, 4) is 0 Å². The molecule has 0 aliphatic carbocycles. The third kappa shape index (κ3) is 2.65. The van der Waals surface area contributed by atoms with Gasteiger partial charge in [0.05, 0.1) is 29.0 Å². The van der Waals surface area contributed by atoms with E-state index in [1.165, 1.54) is 5.56 Å². The van der Waals surface area contributed by atoms with E-state index in [4.69, 9.17) is 4.98 Å². The molecule has 2 heterocycles. The number of benzene rings is 1. The average molecular weight is 264 g/mol. The molecule has 1 atom stereocenters. The summed E-state index contributed by atoms with van der Waals surface area (Å²) in [6, 6.07) is 12.1. The number of pyridine rings is 1. The van der Waals surface area contributed by atoms with E-state index >= 15 is 0 Å². The molecule has 0 aliphatic heterocycles. The molecule has 3 rings (SSSR count). The van der Waals surface area contributed by atoms with E-state index in [0.717, 1.165) is 23.1 Å². The number of rotatable bonds is 4. The molecule has 20 heavy (non-hydrogen) atoms. The molecular formula is C16H16N4. The van der Waals surface area contributed by atoms with Crippen molar-refractivity contribution in [2.75, 3.05) is 7.05 Å². The Kier molecular flexibility index (Phi) is 3.65. The van der Waals surface area contributed by atoms with Crippen LogP contribution < -0.4 is 5.32 Å². The third-order valence-corrected chi connectivity index (χ3v) is 3.34. The van der Waals surface area contributed by atoms with Crippen LogP contribution in [0, 0.1) is 0 Å². The number of aromatic nitrogens is 3. The van der Waals surface area contributed by atoms with E-state index in [-0.39, 0.29) is 6.04 Å². The second-order valence-electron chi connectivity index (χ2n) is 4.69. The minimum absolute atomic E-state index is 0.135. The van der Waals surface area contributed by atoms with Crippen LogP contribution in [0.5, 0.6) is 0 Å². The smallest absolute Gasteiger partial charge is 0.0890 e. The van der Waals surface area contributed by atoms with Gasteiger partial charge in [-0.1, -0.05) is 18.2 Å². The van der Waals surface area contributed by atoms with Crippen LogP contribution in [0.1, 0.15) is 17.3 Å². The minimum atomic E-state index is 0.135. The second kappa shape index (κ2) is 5.75. The molecule has 0 radical (unpaired) electrons. The number of nitrogens with zero attached hydrogens (tertiary/aromatic N) is 3. The Balaban J connectivity index is 1.91. The Hall–Kier alpha value is -2.33. The summed E-state index contributed by atoms with van der Waals surface area (Å²) in [5.41, 5.74) is 3.99. The quantitative estimate of drug-likeness (QED) is 0.786. The highest BCUT2D eigenvalue weighted by atomic mass is 14.9. The normalized spacial score (nSPS) is 12.4. The van der Waals surface area contributed by atoms with E-state index in [0.29, 0.717) is 0 Å². The number of nitrogens with one attached hydrogen (secondary N) is 1. The Bertz CT molecular complexity index is 697. The van der Waals surface area contributed by atoms with Crippen molar-refractivity contribution >= 4 is 11.0 Å². The zero-order valence-corrected chi connectivity index (χ0v) is 11.3. The van der Waals surface area contributed by atoms with Crippen LogP contribution in [0.4, 0.5) is 0 Å². The lowest BCUT2D eigenvalue weighted by atomic mass is 10.1. The maximum absolute atomic E-state index is 4.70. The number of likely N-dealkylation sites (N-methyl/N-ethyl adjacent to an activating group) is 1. The lowest BCUT2D eigenvalue weighted by Gasteiger charge is -2.15. The van der Waals surface area contributed by atoms with E-state index in [9.17, 15) is 0 Å². The fraction of sp³-hybridized carbons (Fsp3) is 0.188. The highest BCUT2D eigenvalue weighted by Crippen LogP contribution is 2.17. The largest absolute Gasteiger partial charge is 0.311 e. The average Bonchev–Trinajstić information content (AvgIpc) is 2.53. The first kappa shape index (κ1) is 12.7. The summed E-state index contributed by atoms with van der Waals surface area (Å²) >= 11 is 0. The molecule has 1 unspecified atom stereocenters. The number of fused-ring (bicyclic) bond motifs is 1. The summed E-state index contributed by atoms with van der Waals surface area (Å²) in [6.45, 7) is 0. The SMILES string of the molecule is CNC(Cc1cccnc1)c1cnc2ccccc2n1. The highest BCUT2D eigenvalue weighted by Gasteiger charge is 2.12. The van der Waals surface area contributed by atoms with Gasteiger partial charge < -0.3 is 5.32 Å². The first-order valence-electron chi connectivity index (χ1n) is 6.64. The van der Waals surface area contributed by atoms with Crippen molar-refractivity contribution < 1.29 is 0 Å². The van der Waals surface area contributed by atoms with Crippen molar-refractivity contribution in [3.63, 3.8) is 0 Å². The van der Waals surface area contributed by atoms with Crippen LogP contribution >= 0.6 is 0 Å². The van der Waals surface area contributed by atoms with Crippen LogP contribution in [0.3, 0.4) is 0 Å². The van der Waals surface area contributed by atoms with Gasteiger partial charge in [-0.15, -0.1) is 0 Å². The molecule has 1 aromatic carbocycles. The summed E-state index contributed by atoms with van der Waals surface area (Å²) in [6.07, 6.45) is 6.36. The Morgan fingerprint density at radius 3 is 2.65 bits per heavy atom. The molecule has 0 bridgehead atoms. The van der Waals surface area contributed by atoms with E-state index in [1.54, 1.807) is 6.20 Å². The highest BCUT2D eigenvalue weighted by molar-refractivity contribution is 5.73. The fourth-order valence-electron chi connectivity index (χ4n) is 2.25.